The fraction of sp³-hybridized carbons (Fsp3) is 0.462. The Morgan fingerprint density at radius 1 is 1.42 bits per heavy atom. The van der Waals surface area contributed by atoms with Gasteiger partial charge in [-0.15, -0.1) is 0 Å². The second kappa shape index (κ2) is 7.35. The molecule has 106 valence electrons. The number of hydrogen-bond donors (Lipinski definition) is 2. The largest absolute Gasteiger partial charge is 0.503 e. The van der Waals surface area contributed by atoms with Crippen LogP contribution in [0.1, 0.15) is 31.9 Å². The molecule has 6 heteroatoms. The summed E-state index contributed by atoms with van der Waals surface area (Å²) in [6, 6.07) is 2.80. The van der Waals surface area contributed by atoms with Gasteiger partial charge in [-0.2, -0.15) is 0 Å². The molecular weight excluding hydrogens is 314 g/mol. The summed E-state index contributed by atoms with van der Waals surface area (Å²) >= 11 is 3.23. The number of phenols is 1. The molecule has 0 spiro atoms. The van der Waals surface area contributed by atoms with Crippen molar-refractivity contribution in [1.29, 1.82) is 0 Å². The van der Waals surface area contributed by atoms with Crippen molar-refractivity contribution in [2.45, 2.75) is 26.3 Å². The van der Waals surface area contributed by atoms with Crippen molar-refractivity contribution in [2.24, 2.45) is 5.73 Å². The molecule has 0 aliphatic rings. The lowest BCUT2D eigenvalue weighted by atomic mass is 10.0. The Hall–Kier alpha value is -1.27. The van der Waals surface area contributed by atoms with Crippen molar-refractivity contribution < 1.29 is 19.4 Å². The van der Waals surface area contributed by atoms with Crippen molar-refractivity contribution in [3.05, 3.63) is 22.2 Å². The summed E-state index contributed by atoms with van der Waals surface area (Å²) in [4.78, 5) is 11.4. The summed E-state index contributed by atoms with van der Waals surface area (Å²) in [6.07, 6.45) is 0.0800. The van der Waals surface area contributed by atoms with Gasteiger partial charge in [-0.3, -0.25) is 4.79 Å². The minimum atomic E-state index is -0.504. The van der Waals surface area contributed by atoms with E-state index in [0.717, 1.165) is 0 Å². The first-order valence-electron chi connectivity index (χ1n) is 6.06. The molecule has 0 saturated carbocycles. The number of hydrogen-bond acceptors (Lipinski definition) is 5. The molecule has 5 nitrogen and oxygen atoms in total. The standard InChI is InChI=1S/C13H18BrNO4/c1-3-18-11-6-8(5-9(14)13(11)17)10(15)7-12(16)19-4-2/h5-6,10,17H,3-4,7,15H2,1-2H3/t10-/m0/s1. The van der Waals surface area contributed by atoms with E-state index in [0.29, 0.717) is 29.0 Å². The first-order valence-corrected chi connectivity index (χ1v) is 6.85. The van der Waals surface area contributed by atoms with Gasteiger partial charge < -0.3 is 20.3 Å². The third-order valence-corrected chi connectivity index (χ3v) is 3.08. The number of benzene rings is 1. The van der Waals surface area contributed by atoms with Gasteiger partial charge in [0, 0.05) is 6.04 Å². The van der Waals surface area contributed by atoms with Crippen molar-refractivity contribution in [2.75, 3.05) is 13.2 Å². The quantitative estimate of drug-likeness (QED) is 0.782. The molecule has 0 aromatic heterocycles. The number of halogens is 1. The monoisotopic (exact) mass is 331 g/mol. The van der Waals surface area contributed by atoms with Crippen LogP contribution in [0.3, 0.4) is 0 Å². The van der Waals surface area contributed by atoms with Crippen LogP contribution in [0.15, 0.2) is 16.6 Å². The number of nitrogens with two attached hydrogens (primary N) is 1. The molecular formula is C13H18BrNO4. The Morgan fingerprint density at radius 2 is 2.11 bits per heavy atom. The van der Waals surface area contributed by atoms with Gasteiger partial charge >= 0.3 is 5.97 Å². The van der Waals surface area contributed by atoms with E-state index in [2.05, 4.69) is 15.9 Å². The predicted octanol–water partition coefficient (Wildman–Crippen LogP) is 2.51. The first kappa shape index (κ1) is 15.8. The highest BCUT2D eigenvalue weighted by atomic mass is 79.9. The van der Waals surface area contributed by atoms with Crippen LogP contribution in [0.25, 0.3) is 0 Å². The molecule has 1 rings (SSSR count). The van der Waals surface area contributed by atoms with Crippen LogP contribution in [0.5, 0.6) is 11.5 Å². The number of phenolic OH excluding ortho intramolecular Hbond substituents is 1. The summed E-state index contributed by atoms with van der Waals surface area (Å²) in [5.74, 6) is 0.0114. The molecule has 1 atom stereocenters. The fourth-order valence-electron chi connectivity index (χ4n) is 1.59. The summed E-state index contributed by atoms with van der Waals surface area (Å²) in [6.45, 7) is 4.32. The molecule has 3 N–H and O–H groups in total. The van der Waals surface area contributed by atoms with Gasteiger partial charge in [-0.05, 0) is 47.5 Å². The Labute approximate surface area is 120 Å². The second-order valence-corrected chi connectivity index (χ2v) is 4.75. The molecule has 0 unspecified atom stereocenters. The summed E-state index contributed by atoms with van der Waals surface area (Å²) in [5.41, 5.74) is 6.65. The van der Waals surface area contributed by atoms with Crippen LogP contribution >= 0.6 is 15.9 Å². The molecule has 0 radical (unpaired) electrons. The lowest BCUT2D eigenvalue weighted by Gasteiger charge is -2.15. The lowest BCUT2D eigenvalue weighted by Crippen LogP contribution is -2.17. The average molecular weight is 332 g/mol. The summed E-state index contributed by atoms with van der Waals surface area (Å²) in [5, 5.41) is 9.80. The number of ether oxygens (including phenoxy) is 2. The second-order valence-electron chi connectivity index (χ2n) is 3.90. The molecule has 0 aliphatic heterocycles. The number of esters is 1. The molecule has 19 heavy (non-hydrogen) atoms. The SMILES string of the molecule is CCOC(=O)C[C@H](N)c1cc(Br)c(O)c(OCC)c1. The van der Waals surface area contributed by atoms with Crippen molar-refractivity contribution >= 4 is 21.9 Å². The average Bonchev–Trinajstić information content (AvgIpc) is 2.35. The molecule has 0 amide bonds. The first-order chi connectivity index (χ1) is 8.99. The normalized spacial score (nSPS) is 12.0. The van der Waals surface area contributed by atoms with Crippen LogP contribution in [-0.4, -0.2) is 24.3 Å². The van der Waals surface area contributed by atoms with Crippen LogP contribution in [-0.2, 0) is 9.53 Å². The van der Waals surface area contributed by atoms with Crippen molar-refractivity contribution in [3.8, 4) is 11.5 Å². The zero-order valence-corrected chi connectivity index (χ0v) is 12.6. The zero-order valence-electron chi connectivity index (χ0n) is 11.0. The molecule has 0 heterocycles. The Kier molecular flexibility index (Phi) is 6.11. The maximum Gasteiger partial charge on any atom is 0.307 e. The topological polar surface area (TPSA) is 81.8 Å². The molecule has 0 aliphatic carbocycles. The smallest absolute Gasteiger partial charge is 0.307 e. The highest BCUT2D eigenvalue weighted by molar-refractivity contribution is 9.10. The molecule has 1 aromatic rings. The third kappa shape index (κ3) is 4.40. The van der Waals surface area contributed by atoms with Gasteiger partial charge in [-0.1, -0.05) is 0 Å². The highest BCUT2D eigenvalue weighted by Gasteiger charge is 2.17. The zero-order chi connectivity index (χ0) is 14.4. The van der Waals surface area contributed by atoms with Gasteiger partial charge in [0.1, 0.15) is 0 Å². The summed E-state index contributed by atoms with van der Waals surface area (Å²) in [7, 11) is 0. The predicted molar refractivity (Wildman–Crippen MR) is 75.2 cm³/mol. The van der Waals surface area contributed by atoms with E-state index in [4.69, 9.17) is 15.2 Å². The van der Waals surface area contributed by atoms with Crippen LogP contribution in [0.2, 0.25) is 0 Å². The van der Waals surface area contributed by atoms with Gasteiger partial charge in [0.25, 0.3) is 0 Å². The number of carbonyl (C=O) groups excluding carboxylic acids is 1. The maximum absolute atomic E-state index is 11.4. The van der Waals surface area contributed by atoms with E-state index < -0.39 is 6.04 Å². The van der Waals surface area contributed by atoms with Crippen LogP contribution in [0, 0.1) is 0 Å². The van der Waals surface area contributed by atoms with Gasteiger partial charge in [0.2, 0.25) is 0 Å². The lowest BCUT2D eigenvalue weighted by molar-refractivity contribution is -0.143. The fourth-order valence-corrected chi connectivity index (χ4v) is 2.05. The molecule has 0 bridgehead atoms. The molecule has 0 fully saturated rings. The third-order valence-electron chi connectivity index (χ3n) is 2.47. The molecule has 0 saturated heterocycles. The van der Waals surface area contributed by atoms with E-state index in [1.54, 1.807) is 19.1 Å². The van der Waals surface area contributed by atoms with E-state index in [1.807, 2.05) is 6.92 Å². The summed E-state index contributed by atoms with van der Waals surface area (Å²) < 4.78 is 10.6. The van der Waals surface area contributed by atoms with Gasteiger partial charge in [-0.25, -0.2) is 0 Å². The Bertz CT molecular complexity index is 451. The van der Waals surface area contributed by atoms with E-state index >= 15 is 0 Å². The Balaban J connectivity index is 2.90. The number of rotatable bonds is 6. The van der Waals surface area contributed by atoms with Crippen LogP contribution < -0.4 is 10.5 Å². The highest BCUT2D eigenvalue weighted by Crippen LogP contribution is 2.37. The van der Waals surface area contributed by atoms with E-state index in [9.17, 15) is 9.90 Å². The Morgan fingerprint density at radius 3 is 2.68 bits per heavy atom. The van der Waals surface area contributed by atoms with Crippen molar-refractivity contribution in [3.63, 3.8) is 0 Å². The van der Waals surface area contributed by atoms with E-state index in [-0.39, 0.29) is 18.1 Å². The van der Waals surface area contributed by atoms with E-state index in [1.165, 1.54) is 0 Å². The maximum atomic E-state index is 11.4. The van der Waals surface area contributed by atoms with Crippen LogP contribution in [0.4, 0.5) is 0 Å². The molecule has 1 aromatic carbocycles. The van der Waals surface area contributed by atoms with Gasteiger partial charge in [0.15, 0.2) is 11.5 Å². The minimum absolute atomic E-state index is 0.0222. The van der Waals surface area contributed by atoms with Gasteiger partial charge in [0.05, 0.1) is 24.1 Å². The number of carbonyl (C=O) groups is 1. The minimum Gasteiger partial charge on any atom is -0.503 e. The van der Waals surface area contributed by atoms with Crippen molar-refractivity contribution in [1.82, 2.24) is 0 Å². The number of aromatic hydroxyl groups is 1.